The molecule has 2 rings (SSSR count). The van der Waals surface area contributed by atoms with E-state index in [9.17, 15) is 8.42 Å². The zero-order chi connectivity index (χ0) is 11.9. The number of aromatic nitrogens is 1. The fourth-order valence-corrected chi connectivity index (χ4v) is 2.97. The Hall–Kier alpha value is -0.550. The number of hydrogen-bond acceptors (Lipinski definition) is 3. The predicted octanol–water partition coefficient (Wildman–Crippen LogP) is 3.47. The van der Waals surface area contributed by atoms with Crippen LogP contribution in [0.25, 0.3) is 10.8 Å². The van der Waals surface area contributed by atoms with Gasteiger partial charge >= 0.3 is 0 Å². The summed E-state index contributed by atoms with van der Waals surface area (Å²) >= 11 is 11.6. The van der Waals surface area contributed by atoms with Gasteiger partial charge in [-0.15, -0.1) is 0 Å². The van der Waals surface area contributed by atoms with Crippen molar-refractivity contribution < 1.29 is 8.42 Å². The molecule has 0 saturated carbocycles. The second kappa shape index (κ2) is 4.04. The Kier molecular flexibility index (Phi) is 3.01. The van der Waals surface area contributed by atoms with Crippen molar-refractivity contribution in [3.63, 3.8) is 0 Å². The monoisotopic (exact) mass is 295 g/mol. The molecule has 0 radical (unpaired) electrons. The summed E-state index contributed by atoms with van der Waals surface area (Å²) in [6.45, 7) is 0. The molecular weight excluding hydrogens is 293 g/mol. The van der Waals surface area contributed by atoms with E-state index in [1.807, 2.05) is 0 Å². The highest BCUT2D eigenvalue weighted by Gasteiger charge is 2.16. The lowest BCUT2D eigenvalue weighted by Gasteiger charge is -2.05. The highest BCUT2D eigenvalue weighted by molar-refractivity contribution is 8.14. The van der Waals surface area contributed by atoms with Crippen LogP contribution in [0.2, 0.25) is 10.2 Å². The Balaban J connectivity index is 3.01. The van der Waals surface area contributed by atoms with Crippen LogP contribution in [-0.4, -0.2) is 13.4 Å². The lowest BCUT2D eigenvalue weighted by Crippen LogP contribution is -1.93. The van der Waals surface area contributed by atoms with Gasteiger partial charge in [-0.2, -0.15) is 0 Å². The summed E-state index contributed by atoms with van der Waals surface area (Å²) in [6, 6.07) is 4.34. The Bertz CT molecular complexity index is 670. The second-order valence-corrected chi connectivity index (χ2v) is 6.37. The molecular formula is C9H4Cl3NO2S. The Morgan fingerprint density at radius 1 is 1.12 bits per heavy atom. The molecule has 0 unspecified atom stereocenters. The van der Waals surface area contributed by atoms with Crippen molar-refractivity contribution in [1.82, 2.24) is 4.98 Å². The third kappa shape index (κ3) is 2.11. The molecule has 2 aromatic rings. The third-order valence-electron chi connectivity index (χ3n) is 2.02. The molecule has 0 atom stereocenters. The fraction of sp³-hybridized carbons (Fsp3) is 0. The van der Waals surface area contributed by atoms with Crippen LogP contribution in [0.1, 0.15) is 0 Å². The molecule has 7 heteroatoms. The Morgan fingerprint density at radius 3 is 2.44 bits per heavy atom. The number of halogens is 3. The molecule has 0 fully saturated rings. The molecule has 0 N–H and O–H groups in total. The zero-order valence-electron chi connectivity index (χ0n) is 7.62. The largest absolute Gasteiger partial charge is 0.261 e. The molecule has 84 valence electrons. The highest BCUT2D eigenvalue weighted by atomic mass is 35.7. The van der Waals surface area contributed by atoms with Crippen molar-refractivity contribution in [2.75, 3.05) is 0 Å². The van der Waals surface area contributed by atoms with Gasteiger partial charge in [0.05, 0.1) is 4.90 Å². The summed E-state index contributed by atoms with van der Waals surface area (Å²) in [5.41, 5.74) is 0. The van der Waals surface area contributed by atoms with E-state index in [1.54, 1.807) is 0 Å². The van der Waals surface area contributed by atoms with Crippen LogP contribution in [0.5, 0.6) is 0 Å². The van der Waals surface area contributed by atoms with E-state index in [2.05, 4.69) is 4.98 Å². The molecule has 0 aliphatic carbocycles. The number of benzene rings is 1. The van der Waals surface area contributed by atoms with Gasteiger partial charge in [0.1, 0.15) is 5.15 Å². The van der Waals surface area contributed by atoms with Crippen molar-refractivity contribution in [1.29, 1.82) is 0 Å². The molecule has 16 heavy (non-hydrogen) atoms. The van der Waals surface area contributed by atoms with E-state index in [0.29, 0.717) is 10.8 Å². The van der Waals surface area contributed by atoms with Crippen molar-refractivity contribution >= 4 is 53.7 Å². The molecule has 0 aliphatic rings. The number of hydrogen-bond donors (Lipinski definition) is 0. The Morgan fingerprint density at radius 2 is 1.81 bits per heavy atom. The summed E-state index contributed by atoms with van der Waals surface area (Å²) in [6.07, 6.45) is 1.41. The van der Waals surface area contributed by atoms with Crippen molar-refractivity contribution in [2.45, 2.75) is 4.90 Å². The van der Waals surface area contributed by atoms with E-state index in [4.69, 9.17) is 33.9 Å². The van der Waals surface area contributed by atoms with E-state index >= 15 is 0 Å². The van der Waals surface area contributed by atoms with E-state index < -0.39 is 9.05 Å². The van der Waals surface area contributed by atoms with Gasteiger partial charge in [0.25, 0.3) is 9.05 Å². The maximum absolute atomic E-state index is 11.4. The summed E-state index contributed by atoms with van der Waals surface area (Å²) < 4.78 is 22.7. The van der Waals surface area contributed by atoms with E-state index in [-0.39, 0.29) is 15.1 Å². The zero-order valence-corrected chi connectivity index (χ0v) is 10.7. The molecule has 1 aromatic heterocycles. The summed E-state index contributed by atoms with van der Waals surface area (Å²) in [4.78, 5) is 3.77. The Labute approximate surface area is 106 Å². The summed E-state index contributed by atoms with van der Waals surface area (Å²) in [5, 5.41) is 1.28. The number of fused-ring (bicyclic) bond motifs is 1. The first-order valence-corrected chi connectivity index (χ1v) is 7.14. The van der Waals surface area contributed by atoms with Gasteiger partial charge in [0.15, 0.2) is 0 Å². The van der Waals surface area contributed by atoms with Gasteiger partial charge in [0, 0.05) is 32.7 Å². The van der Waals surface area contributed by atoms with Crippen molar-refractivity contribution in [2.24, 2.45) is 0 Å². The first kappa shape index (κ1) is 11.9. The minimum atomic E-state index is -3.87. The first-order valence-electron chi connectivity index (χ1n) is 4.08. The van der Waals surface area contributed by atoms with Gasteiger partial charge in [-0.05, 0) is 18.2 Å². The maximum Gasteiger partial charge on any atom is 0.261 e. The normalized spacial score (nSPS) is 11.9. The molecule has 1 aromatic carbocycles. The van der Waals surface area contributed by atoms with Gasteiger partial charge in [-0.3, -0.25) is 0 Å². The van der Waals surface area contributed by atoms with E-state index in [1.165, 1.54) is 24.4 Å². The van der Waals surface area contributed by atoms with Gasteiger partial charge in [-0.1, -0.05) is 23.2 Å². The number of nitrogens with zero attached hydrogens (tertiary/aromatic N) is 1. The standard InChI is InChI=1S/C9H4Cl3NO2S/c10-5-3-7-6(1-2-13-9(7)11)8(4-5)16(12,14)15/h1-4H. The highest BCUT2D eigenvalue weighted by Crippen LogP contribution is 2.32. The molecule has 0 bridgehead atoms. The minimum Gasteiger partial charge on any atom is -0.244 e. The van der Waals surface area contributed by atoms with Crippen LogP contribution in [0.15, 0.2) is 29.3 Å². The molecule has 3 nitrogen and oxygen atoms in total. The van der Waals surface area contributed by atoms with Gasteiger partial charge < -0.3 is 0 Å². The van der Waals surface area contributed by atoms with Crippen molar-refractivity contribution in [3.8, 4) is 0 Å². The lowest BCUT2D eigenvalue weighted by molar-refractivity contribution is 0.610. The molecule has 0 amide bonds. The second-order valence-electron chi connectivity index (χ2n) is 3.04. The maximum atomic E-state index is 11.4. The topological polar surface area (TPSA) is 47.0 Å². The molecule has 0 saturated heterocycles. The van der Waals surface area contributed by atoms with Crippen LogP contribution in [0.4, 0.5) is 0 Å². The lowest BCUT2D eigenvalue weighted by atomic mass is 10.2. The third-order valence-corrected chi connectivity index (χ3v) is 3.90. The average molecular weight is 297 g/mol. The average Bonchev–Trinajstić information content (AvgIpc) is 2.17. The predicted molar refractivity (Wildman–Crippen MR) is 64.8 cm³/mol. The van der Waals surface area contributed by atoms with Crippen LogP contribution < -0.4 is 0 Å². The minimum absolute atomic E-state index is 0.0685. The number of rotatable bonds is 1. The molecule has 0 aliphatic heterocycles. The van der Waals surface area contributed by atoms with Crippen molar-refractivity contribution in [3.05, 3.63) is 34.6 Å². The SMILES string of the molecule is O=S(=O)(Cl)c1cc(Cl)cc2c(Cl)nccc12. The van der Waals surface area contributed by atoms with Gasteiger partial charge in [0.2, 0.25) is 0 Å². The quantitative estimate of drug-likeness (QED) is 0.598. The van der Waals surface area contributed by atoms with E-state index in [0.717, 1.165) is 0 Å². The number of pyridine rings is 1. The van der Waals surface area contributed by atoms with Gasteiger partial charge in [-0.25, -0.2) is 13.4 Å². The van der Waals surface area contributed by atoms with Crippen LogP contribution in [0.3, 0.4) is 0 Å². The fourth-order valence-electron chi connectivity index (χ4n) is 1.38. The van der Waals surface area contributed by atoms with Crippen LogP contribution >= 0.6 is 33.9 Å². The summed E-state index contributed by atoms with van der Waals surface area (Å²) in [5.74, 6) is 0. The van der Waals surface area contributed by atoms with Crippen LogP contribution in [0, 0.1) is 0 Å². The smallest absolute Gasteiger partial charge is 0.244 e. The first-order chi connectivity index (χ1) is 7.39. The molecule has 1 heterocycles. The van der Waals surface area contributed by atoms with Crippen LogP contribution in [-0.2, 0) is 9.05 Å². The summed E-state index contributed by atoms with van der Waals surface area (Å²) in [7, 11) is 1.44. The molecule has 0 spiro atoms.